The smallest absolute Gasteiger partial charge is 0.259 e. The average molecular weight is 305 g/mol. The van der Waals surface area contributed by atoms with Gasteiger partial charge in [0.1, 0.15) is 0 Å². The van der Waals surface area contributed by atoms with E-state index in [0.29, 0.717) is 5.13 Å². The molecule has 0 aliphatic heterocycles. The number of ether oxygens (including phenoxy) is 1. The van der Waals surface area contributed by atoms with Crippen LogP contribution >= 0.6 is 11.3 Å². The number of thiazole rings is 1. The first-order valence-electron chi connectivity index (χ1n) is 6.67. The van der Waals surface area contributed by atoms with Gasteiger partial charge in [-0.05, 0) is 19.5 Å². The normalized spacial score (nSPS) is 13.7. The molecule has 1 aromatic carbocycles. The van der Waals surface area contributed by atoms with Crippen LogP contribution in [0.5, 0.6) is 0 Å². The van der Waals surface area contributed by atoms with Crippen LogP contribution in [0.15, 0.2) is 35.7 Å². The molecule has 2 atom stereocenters. The maximum atomic E-state index is 12.3. The lowest BCUT2D eigenvalue weighted by molar-refractivity contribution is -0.126. The van der Waals surface area contributed by atoms with Gasteiger partial charge in [0.25, 0.3) is 5.91 Å². The van der Waals surface area contributed by atoms with Crippen LogP contribution in [0.1, 0.15) is 30.3 Å². The van der Waals surface area contributed by atoms with Gasteiger partial charge in [0, 0.05) is 18.5 Å². The molecular weight excluding hydrogens is 286 g/mol. The Morgan fingerprint density at radius 1 is 1.33 bits per heavy atom. The highest BCUT2D eigenvalue weighted by Crippen LogP contribution is 2.23. The number of nitrogens with one attached hydrogen (secondary N) is 2. The van der Waals surface area contributed by atoms with Crippen LogP contribution in [0.3, 0.4) is 0 Å². The number of carbonyl (C=O) groups is 1. The van der Waals surface area contributed by atoms with E-state index >= 15 is 0 Å². The summed E-state index contributed by atoms with van der Waals surface area (Å²) >= 11 is 1.41. The molecule has 0 fully saturated rings. The lowest BCUT2D eigenvalue weighted by Crippen LogP contribution is -2.22. The van der Waals surface area contributed by atoms with Gasteiger partial charge in [0.05, 0.1) is 5.69 Å². The maximum Gasteiger partial charge on any atom is 0.259 e. The van der Waals surface area contributed by atoms with Crippen molar-refractivity contribution in [2.75, 3.05) is 19.5 Å². The lowest BCUT2D eigenvalue weighted by atomic mass is 10.1. The minimum Gasteiger partial charge on any atom is -0.367 e. The molecule has 0 radical (unpaired) electrons. The molecule has 2 rings (SSSR count). The van der Waals surface area contributed by atoms with Gasteiger partial charge in [-0.1, -0.05) is 30.3 Å². The monoisotopic (exact) mass is 305 g/mol. The van der Waals surface area contributed by atoms with E-state index in [2.05, 4.69) is 15.6 Å². The molecule has 1 aromatic heterocycles. The van der Waals surface area contributed by atoms with Crippen LogP contribution in [-0.2, 0) is 9.53 Å². The zero-order valence-electron chi connectivity index (χ0n) is 12.3. The summed E-state index contributed by atoms with van der Waals surface area (Å²) in [5, 5.41) is 8.43. The Morgan fingerprint density at radius 2 is 2.05 bits per heavy atom. The molecule has 6 heteroatoms. The highest BCUT2D eigenvalue weighted by molar-refractivity contribution is 7.13. The zero-order valence-corrected chi connectivity index (χ0v) is 13.1. The van der Waals surface area contributed by atoms with E-state index in [0.717, 1.165) is 11.3 Å². The highest BCUT2D eigenvalue weighted by atomic mass is 32.1. The molecule has 1 amide bonds. The second-order valence-electron chi connectivity index (χ2n) is 4.60. The van der Waals surface area contributed by atoms with E-state index in [1.165, 1.54) is 18.4 Å². The summed E-state index contributed by atoms with van der Waals surface area (Å²) in [6.45, 7) is 2.02. The lowest BCUT2D eigenvalue weighted by Gasteiger charge is -2.14. The van der Waals surface area contributed by atoms with E-state index in [1.807, 2.05) is 49.7 Å². The van der Waals surface area contributed by atoms with Crippen molar-refractivity contribution in [2.45, 2.75) is 19.1 Å². The molecular formula is C15H19N3O2S. The molecule has 112 valence electrons. The average Bonchev–Trinajstić information content (AvgIpc) is 2.96. The number of aromatic nitrogens is 1. The summed E-state index contributed by atoms with van der Waals surface area (Å²) in [5.41, 5.74) is 1.73. The molecule has 0 spiro atoms. The topological polar surface area (TPSA) is 63.2 Å². The van der Waals surface area contributed by atoms with Crippen LogP contribution in [0, 0.1) is 0 Å². The molecule has 21 heavy (non-hydrogen) atoms. The van der Waals surface area contributed by atoms with Gasteiger partial charge in [0.2, 0.25) is 0 Å². The van der Waals surface area contributed by atoms with Crippen molar-refractivity contribution in [3.05, 3.63) is 47.0 Å². The molecule has 0 aliphatic carbocycles. The number of amides is 1. The van der Waals surface area contributed by atoms with Gasteiger partial charge in [0.15, 0.2) is 11.2 Å². The van der Waals surface area contributed by atoms with E-state index in [1.54, 1.807) is 0 Å². The Bertz CT molecular complexity index is 586. The number of hydrogen-bond donors (Lipinski definition) is 2. The van der Waals surface area contributed by atoms with Gasteiger partial charge < -0.3 is 10.1 Å². The molecule has 0 aliphatic rings. The highest BCUT2D eigenvalue weighted by Gasteiger charge is 2.21. The maximum absolute atomic E-state index is 12.3. The number of carbonyl (C=O) groups excluding carboxylic acids is 1. The summed E-state index contributed by atoms with van der Waals surface area (Å²) in [7, 11) is 3.40. The minimum atomic E-state index is -0.639. The van der Waals surface area contributed by atoms with Gasteiger partial charge in [-0.3, -0.25) is 10.1 Å². The Morgan fingerprint density at radius 3 is 2.67 bits per heavy atom. The first-order chi connectivity index (χ1) is 10.2. The van der Waals surface area contributed by atoms with Crippen molar-refractivity contribution < 1.29 is 9.53 Å². The van der Waals surface area contributed by atoms with Gasteiger partial charge in [-0.2, -0.15) is 0 Å². The van der Waals surface area contributed by atoms with Crippen molar-refractivity contribution in [1.82, 2.24) is 10.3 Å². The van der Waals surface area contributed by atoms with Crippen molar-refractivity contribution in [2.24, 2.45) is 0 Å². The standard InChI is InChI=1S/C15H19N3O2S/c1-10(16-2)12-9-21-15(17-12)18-14(19)13(20-3)11-7-5-4-6-8-11/h4-10,13,16H,1-3H3,(H,17,18,19). The zero-order chi connectivity index (χ0) is 15.2. The van der Waals surface area contributed by atoms with Crippen molar-refractivity contribution in [3.63, 3.8) is 0 Å². The fraction of sp³-hybridized carbons (Fsp3) is 0.333. The van der Waals surface area contributed by atoms with Crippen LogP contribution in [0.25, 0.3) is 0 Å². The number of anilines is 1. The van der Waals surface area contributed by atoms with Crippen molar-refractivity contribution >= 4 is 22.4 Å². The molecule has 0 saturated heterocycles. The SMILES string of the molecule is CNC(C)c1csc(NC(=O)C(OC)c2ccccc2)n1. The van der Waals surface area contributed by atoms with Gasteiger partial charge in [-0.15, -0.1) is 11.3 Å². The Kier molecular flexibility index (Phi) is 5.44. The fourth-order valence-electron chi connectivity index (χ4n) is 1.88. The van der Waals surface area contributed by atoms with Crippen LogP contribution in [0.2, 0.25) is 0 Å². The van der Waals surface area contributed by atoms with E-state index in [9.17, 15) is 4.79 Å². The first kappa shape index (κ1) is 15.6. The van der Waals surface area contributed by atoms with Gasteiger partial charge in [-0.25, -0.2) is 4.98 Å². The number of hydrogen-bond acceptors (Lipinski definition) is 5. The summed E-state index contributed by atoms with van der Waals surface area (Å²) in [5.74, 6) is -0.221. The molecule has 2 aromatic rings. The summed E-state index contributed by atoms with van der Waals surface area (Å²) in [6.07, 6.45) is -0.639. The van der Waals surface area contributed by atoms with Crippen molar-refractivity contribution in [3.8, 4) is 0 Å². The molecule has 2 unspecified atom stereocenters. The summed E-state index contributed by atoms with van der Waals surface area (Å²) in [6, 6.07) is 9.54. The Hall–Kier alpha value is -1.76. The third kappa shape index (κ3) is 3.87. The predicted octanol–water partition coefficient (Wildman–Crippen LogP) is 2.75. The molecule has 1 heterocycles. The molecule has 5 nitrogen and oxygen atoms in total. The number of rotatable bonds is 6. The van der Waals surface area contributed by atoms with E-state index in [-0.39, 0.29) is 11.9 Å². The second kappa shape index (κ2) is 7.31. The van der Waals surface area contributed by atoms with Crippen LogP contribution in [0.4, 0.5) is 5.13 Å². The van der Waals surface area contributed by atoms with Crippen molar-refractivity contribution in [1.29, 1.82) is 0 Å². The summed E-state index contributed by atoms with van der Waals surface area (Å²) < 4.78 is 5.30. The first-order valence-corrected chi connectivity index (χ1v) is 7.55. The summed E-state index contributed by atoms with van der Waals surface area (Å²) in [4.78, 5) is 16.7. The van der Waals surface area contributed by atoms with E-state index in [4.69, 9.17) is 4.74 Å². The fourth-order valence-corrected chi connectivity index (χ4v) is 2.69. The molecule has 2 N–H and O–H groups in total. The number of benzene rings is 1. The van der Waals surface area contributed by atoms with Gasteiger partial charge >= 0.3 is 0 Å². The Balaban J connectivity index is 2.08. The Labute approximate surface area is 128 Å². The van der Waals surface area contributed by atoms with Crippen LogP contribution in [-0.4, -0.2) is 25.0 Å². The third-order valence-electron chi connectivity index (χ3n) is 3.20. The molecule has 0 saturated carbocycles. The predicted molar refractivity (Wildman–Crippen MR) is 84.4 cm³/mol. The number of nitrogens with zero attached hydrogens (tertiary/aromatic N) is 1. The second-order valence-corrected chi connectivity index (χ2v) is 5.46. The minimum absolute atomic E-state index is 0.152. The quantitative estimate of drug-likeness (QED) is 0.861. The number of methoxy groups -OCH3 is 1. The van der Waals surface area contributed by atoms with E-state index < -0.39 is 6.10 Å². The van der Waals surface area contributed by atoms with Crippen LogP contribution < -0.4 is 10.6 Å². The third-order valence-corrected chi connectivity index (χ3v) is 3.98. The largest absolute Gasteiger partial charge is 0.367 e. The molecule has 0 bridgehead atoms.